The molecule has 0 spiro atoms. The number of hydrogen-bond donors (Lipinski definition) is 0. The second kappa shape index (κ2) is 10.2. The molecule has 6 rings (SSSR count). The van der Waals surface area contributed by atoms with Crippen LogP contribution < -0.4 is 0 Å². The molecule has 0 amide bonds. The van der Waals surface area contributed by atoms with E-state index in [1.165, 1.54) is 16.5 Å². The molecule has 8 nitrogen and oxygen atoms in total. The smallest absolute Gasteiger partial charge is 0.132 e. The van der Waals surface area contributed by atoms with E-state index in [0.717, 1.165) is 84.1 Å². The summed E-state index contributed by atoms with van der Waals surface area (Å²) in [6.07, 6.45) is 3.37. The third kappa shape index (κ3) is 3.83. The minimum atomic E-state index is -0.386. The number of ether oxygens (including phenoxy) is 4. The molecule has 10 heteroatoms. The van der Waals surface area contributed by atoms with Crippen molar-refractivity contribution in [2.75, 3.05) is 96.2 Å². The maximum atomic E-state index is 6.70. The number of hydrogen-bond acceptors (Lipinski definition) is 10. The van der Waals surface area contributed by atoms with Gasteiger partial charge in [-0.15, -0.1) is 11.8 Å². The van der Waals surface area contributed by atoms with Crippen LogP contribution in [0.1, 0.15) is 19.3 Å². The van der Waals surface area contributed by atoms with E-state index in [0.29, 0.717) is 19.8 Å². The first-order valence-corrected chi connectivity index (χ1v) is 14.9. The molecule has 6 aliphatic rings. The Kier molecular flexibility index (Phi) is 7.27. The molecule has 0 aromatic rings. The monoisotopic (exact) mass is 498 g/mol. The van der Waals surface area contributed by atoms with Gasteiger partial charge in [-0.25, -0.2) is 0 Å². The van der Waals surface area contributed by atoms with Gasteiger partial charge in [-0.2, -0.15) is 11.8 Å². The van der Waals surface area contributed by atoms with Gasteiger partial charge in [0.15, 0.2) is 0 Å². The van der Waals surface area contributed by atoms with E-state index >= 15 is 0 Å². The first kappa shape index (κ1) is 23.5. The Morgan fingerprint density at radius 1 is 0.848 bits per heavy atom. The molecular weight excluding hydrogens is 460 g/mol. The minimum absolute atomic E-state index is 0.0558. The number of rotatable bonds is 5. The number of likely N-dealkylation sites (tertiary alicyclic amines) is 1. The van der Waals surface area contributed by atoms with Crippen LogP contribution in [-0.2, 0) is 18.9 Å². The zero-order valence-corrected chi connectivity index (χ0v) is 21.3. The molecule has 0 saturated carbocycles. The van der Waals surface area contributed by atoms with Crippen LogP contribution in [0.4, 0.5) is 0 Å². The molecule has 5 saturated heterocycles. The first-order valence-electron chi connectivity index (χ1n) is 12.8. The second-order valence-electron chi connectivity index (χ2n) is 9.66. The number of thioether (sulfide) groups is 2. The predicted octanol–water partition coefficient (Wildman–Crippen LogP) is 1.21. The maximum Gasteiger partial charge on any atom is 0.132 e. The molecule has 6 aliphatic heterocycles. The predicted molar refractivity (Wildman–Crippen MR) is 132 cm³/mol. The lowest BCUT2D eigenvalue weighted by Crippen LogP contribution is -2.82. The number of aliphatic imine (C=N–C) groups is 1. The van der Waals surface area contributed by atoms with Gasteiger partial charge in [-0.05, 0) is 19.3 Å². The minimum Gasteiger partial charge on any atom is -0.379 e. The molecule has 4 atom stereocenters. The Balaban J connectivity index is 1.54. The maximum absolute atomic E-state index is 6.70. The fourth-order valence-electron chi connectivity index (χ4n) is 7.09. The Labute approximate surface area is 206 Å². The second-order valence-corrected chi connectivity index (χ2v) is 12.0. The normalized spacial score (nSPS) is 42.1. The number of nitrogens with zero attached hydrogens (tertiary/aromatic N) is 4. The van der Waals surface area contributed by atoms with E-state index in [1.807, 2.05) is 11.8 Å². The van der Waals surface area contributed by atoms with Gasteiger partial charge in [0.2, 0.25) is 0 Å². The zero-order valence-electron chi connectivity index (χ0n) is 19.6. The van der Waals surface area contributed by atoms with Gasteiger partial charge in [0.05, 0.1) is 38.1 Å². The third-order valence-corrected chi connectivity index (χ3v) is 10.3. The largest absolute Gasteiger partial charge is 0.379 e. The Morgan fingerprint density at radius 3 is 2.39 bits per heavy atom. The van der Waals surface area contributed by atoms with Crippen molar-refractivity contribution < 1.29 is 18.9 Å². The van der Waals surface area contributed by atoms with Crippen LogP contribution in [0.2, 0.25) is 0 Å². The first-order chi connectivity index (χ1) is 16.4. The van der Waals surface area contributed by atoms with E-state index in [9.17, 15) is 0 Å². The lowest BCUT2D eigenvalue weighted by Gasteiger charge is -2.62. The molecule has 0 bridgehead atoms. The van der Waals surface area contributed by atoms with Crippen molar-refractivity contribution in [1.29, 1.82) is 0 Å². The van der Waals surface area contributed by atoms with E-state index in [4.69, 9.17) is 23.9 Å². The lowest BCUT2D eigenvalue weighted by atomic mass is 9.76. The molecule has 5 fully saturated rings. The molecule has 0 N–H and O–H groups in total. The summed E-state index contributed by atoms with van der Waals surface area (Å²) < 4.78 is 25.1. The van der Waals surface area contributed by atoms with Gasteiger partial charge in [0, 0.05) is 63.1 Å². The highest BCUT2D eigenvalue weighted by molar-refractivity contribution is 8.14. The Bertz CT molecular complexity index is 689. The van der Waals surface area contributed by atoms with Gasteiger partial charge in [0.1, 0.15) is 23.5 Å². The van der Waals surface area contributed by atoms with E-state index < -0.39 is 0 Å². The summed E-state index contributed by atoms with van der Waals surface area (Å²) in [5.41, 5.74) is -0.575. The van der Waals surface area contributed by atoms with Crippen LogP contribution in [0.3, 0.4) is 0 Å². The highest BCUT2D eigenvalue weighted by Gasteiger charge is 2.72. The fourth-order valence-corrected chi connectivity index (χ4v) is 9.18. The van der Waals surface area contributed by atoms with E-state index in [1.54, 1.807) is 0 Å². The number of morpholine rings is 1. The van der Waals surface area contributed by atoms with Crippen molar-refractivity contribution in [3.63, 3.8) is 0 Å². The summed E-state index contributed by atoms with van der Waals surface area (Å²) in [7, 11) is 0. The van der Waals surface area contributed by atoms with Crippen LogP contribution in [0, 0.1) is 0 Å². The summed E-state index contributed by atoms with van der Waals surface area (Å²) >= 11 is 4.03. The lowest BCUT2D eigenvalue weighted by molar-refractivity contribution is -0.211. The molecular formula is C23H38N4O4S2. The molecule has 33 heavy (non-hydrogen) atoms. The van der Waals surface area contributed by atoms with Crippen molar-refractivity contribution in [3.8, 4) is 0 Å². The average molecular weight is 499 g/mol. The van der Waals surface area contributed by atoms with Crippen molar-refractivity contribution in [3.05, 3.63) is 0 Å². The van der Waals surface area contributed by atoms with Gasteiger partial charge in [-0.1, -0.05) is 0 Å². The van der Waals surface area contributed by atoms with Crippen molar-refractivity contribution in [1.82, 2.24) is 14.7 Å². The van der Waals surface area contributed by atoms with Gasteiger partial charge >= 0.3 is 0 Å². The van der Waals surface area contributed by atoms with Crippen molar-refractivity contribution in [2.24, 2.45) is 4.99 Å². The highest BCUT2D eigenvalue weighted by atomic mass is 32.2. The van der Waals surface area contributed by atoms with E-state index in [-0.39, 0.29) is 23.5 Å². The molecule has 0 aromatic heterocycles. The molecule has 4 unspecified atom stereocenters. The van der Waals surface area contributed by atoms with Crippen molar-refractivity contribution in [2.45, 2.75) is 42.8 Å². The van der Waals surface area contributed by atoms with Gasteiger partial charge in [0.25, 0.3) is 0 Å². The van der Waals surface area contributed by atoms with E-state index in [2.05, 4.69) is 26.5 Å². The van der Waals surface area contributed by atoms with Crippen LogP contribution in [0.15, 0.2) is 4.99 Å². The topological polar surface area (TPSA) is 59.0 Å². The SMILES string of the molecule is C1COC(N2CCC(N3CCOCC3)(N3CCSCC3)C2(C2=NCCS2)C2COCCO2)C1. The van der Waals surface area contributed by atoms with Crippen LogP contribution >= 0.6 is 23.5 Å². The summed E-state index contributed by atoms with van der Waals surface area (Å²) in [6, 6.07) is 0. The van der Waals surface area contributed by atoms with Gasteiger partial charge < -0.3 is 18.9 Å². The highest BCUT2D eigenvalue weighted by Crippen LogP contribution is 2.54. The molecule has 0 radical (unpaired) electrons. The third-order valence-electron chi connectivity index (χ3n) is 8.28. The average Bonchev–Trinajstić information content (AvgIpc) is 3.66. The van der Waals surface area contributed by atoms with Gasteiger partial charge in [-0.3, -0.25) is 19.7 Å². The van der Waals surface area contributed by atoms with Crippen LogP contribution in [-0.4, -0.2) is 139 Å². The summed E-state index contributed by atoms with van der Waals surface area (Å²) in [5.74, 6) is 3.42. The zero-order chi connectivity index (χ0) is 22.1. The van der Waals surface area contributed by atoms with Crippen LogP contribution in [0.25, 0.3) is 0 Å². The molecule has 6 heterocycles. The Hall–Kier alpha value is 0.0900. The van der Waals surface area contributed by atoms with Crippen LogP contribution in [0.5, 0.6) is 0 Å². The summed E-state index contributed by atoms with van der Waals surface area (Å²) in [4.78, 5) is 13.5. The quantitative estimate of drug-likeness (QED) is 0.557. The Morgan fingerprint density at radius 2 is 1.70 bits per heavy atom. The summed E-state index contributed by atoms with van der Waals surface area (Å²) in [6.45, 7) is 10.4. The van der Waals surface area contributed by atoms with Crippen molar-refractivity contribution >= 4 is 28.6 Å². The fraction of sp³-hybridized carbons (Fsp3) is 0.957. The molecule has 0 aliphatic carbocycles. The molecule has 186 valence electrons. The molecule has 0 aromatic carbocycles. The standard InChI is InChI=1S/C23H38N4O4S2/c1-2-20(31-10-1)27-5-3-22(25-6-11-28-12-7-25,26-8-16-32-17-9-26)23(27,21-24-4-15-33-21)19-18-29-13-14-30-19/h19-20H,1-18H2. The summed E-state index contributed by atoms with van der Waals surface area (Å²) in [5, 5.41) is 1.26.